The maximum Gasteiger partial charge on any atom is 0.127 e. The van der Waals surface area contributed by atoms with Crippen molar-refractivity contribution in [3.63, 3.8) is 0 Å². The van der Waals surface area contributed by atoms with Crippen molar-refractivity contribution < 1.29 is 14.9 Å². The molecule has 0 aliphatic carbocycles. The SMILES string of the molecule is OCCCN(CCO)CC1=Cc2cc(Br)ccc2OC1. The molecule has 0 atom stereocenters. The molecule has 0 aromatic heterocycles. The summed E-state index contributed by atoms with van der Waals surface area (Å²) in [6, 6.07) is 5.97. The summed E-state index contributed by atoms with van der Waals surface area (Å²) < 4.78 is 6.78. The lowest BCUT2D eigenvalue weighted by Gasteiger charge is -2.25. The van der Waals surface area contributed by atoms with Crippen LogP contribution in [0.4, 0.5) is 0 Å². The maximum atomic E-state index is 9.10. The van der Waals surface area contributed by atoms with E-state index in [0.717, 1.165) is 35.3 Å². The quantitative estimate of drug-likeness (QED) is 0.795. The van der Waals surface area contributed by atoms with Gasteiger partial charge in [-0.15, -0.1) is 0 Å². The van der Waals surface area contributed by atoms with Crippen molar-refractivity contribution in [3.05, 3.63) is 33.8 Å². The van der Waals surface area contributed by atoms with Crippen LogP contribution in [0.5, 0.6) is 5.75 Å². The first kappa shape index (κ1) is 15.5. The number of rotatable bonds is 7. The van der Waals surface area contributed by atoms with Gasteiger partial charge in [-0.2, -0.15) is 0 Å². The molecule has 0 unspecified atom stereocenters. The Hall–Kier alpha value is -0.880. The first-order valence-corrected chi connectivity index (χ1v) is 7.58. The molecule has 0 fully saturated rings. The van der Waals surface area contributed by atoms with Crippen LogP contribution in [0.1, 0.15) is 12.0 Å². The predicted molar refractivity (Wildman–Crippen MR) is 82.8 cm³/mol. The van der Waals surface area contributed by atoms with Gasteiger partial charge in [0.2, 0.25) is 0 Å². The average Bonchev–Trinajstić information content (AvgIpc) is 2.44. The van der Waals surface area contributed by atoms with E-state index in [1.54, 1.807) is 0 Å². The van der Waals surface area contributed by atoms with Gasteiger partial charge in [0.1, 0.15) is 12.4 Å². The third-order valence-corrected chi connectivity index (χ3v) is 3.71. The molecule has 0 saturated carbocycles. The van der Waals surface area contributed by atoms with E-state index in [1.807, 2.05) is 18.2 Å². The topological polar surface area (TPSA) is 52.9 Å². The van der Waals surface area contributed by atoms with Gasteiger partial charge >= 0.3 is 0 Å². The molecule has 0 radical (unpaired) electrons. The minimum absolute atomic E-state index is 0.127. The zero-order chi connectivity index (χ0) is 14.4. The van der Waals surface area contributed by atoms with Crippen LogP contribution < -0.4 is 4.74 Å². The second-order valence-corrected chi connectivity index (χ2v) is 5.77. The molecule has 1 heterocycles. The summed E-state index contributed by atoms with van der Waals surface area (Å²) in [5, 5.41) is 18.0. The van der Waals surface area contributed by atoms with Gasteiger partial charge in [-0.05, 0) is 36.3 Å². The summed E-state index contributed by atoms with van der Waals surface area (Å²) in [4.78, 5) is 2.13. The number of ether oxygens (including phenoxy) is 1. The Bertz CT molecular complexity index is 476. The molecular weight excluding hydrogens is 322 g/mol. The Balaban J connectivity index is 2.05. The molecule has 2 rings (SSSR count). The fourth-order valence-corrected chi connectivity index (χ4v) is 2.66. The van der Waals surface area contributed by atoms with E-state index in [1.165, 1.54) is 5.57 Å². The summed E-state index contributed by atoms with van der Waals surface area (Å²) in [5.41, 5.74) is 2.26. The molecule has 110 valence electrons. The molecule has 0 spiro atoms. The molecule has 4 nitrogen and oxygen atoms in total. The molecule has 20 heavy (non-hydrogen) atoms. The van der Waals surface area contributed by atoms with Crippen molar-refractivity contribution in [1.29, 1.82) is 0 Å². The van der Waals surface area contributed by atoms with Crippen LogP contribution in [0.15, 0.2) is 28.2 Å². The summed E-state index contributed by atoms with van der Waals surface area (Å²) in [5.74, 6) is 0.904. The number of nitrogens with zero attached hydrogens (tertiary/aromatic N) is 1. The lowest BCUT2D eigenvalue weighted by Crippen LogP contribution is -2.32. The fraction of sp³-hybridized carbons (Fsp3) is 0.467. The summed E-state index contributed by atoms with van der Waals surface area (Å²) in [6.45, 7) is 3.03. The Morgan fingerprint density at radius 1 is 1.20 bits per heavy atom. The second kappa shape index (κ2) is 7.78. The molecule has 1 aromatic carbocycles. The predicted octanol–water partition coefficient (Wildman–Crippen LogP) is 1.90. The molecule has 2 N–H and O–H groups in total. The third-order valence-electron chi connectivity index (χ3n) is 3.22. The van der Waals surface area contributed by atoms with Gasteiger partial charge in [0.05, 0.1) is 6.61 Å². The van der Waals surface area contributed by atoms with Gasteiger partial charge in [-0.1, -0.05) is 15.9 Å². The van der Waals surface area contributed by atoms with Crippen molar-refractivity contribution in [2.75, 3.05) is 39.5 Å². The van der Waals surface area contributed by atoms with Crippen molar-refractivity contribution in [3.8, 4) is 5.75 Å². The van der Waals surface area contributed by atoms with E-state index >= 15 is 0 Å². The highest BCUT2D eigenvalue weighted by Crippen LogP contribution is 2.29. The monoisotopic (exact) mass is 341 g/mol. The Morgan fingerprint density at radius 2 is 2.05 bits per heavy atom. The van der Waals surface area contributed by atoms with Gasteiger partial charge in [-0.25, -0.2) is 0 Å². The lowest BCUT2D eigenvalue weighted by molar-refractivity contribution is 0.184. The highest BCUT2D eigenvalue weighted by Gasteiger charge is 2.14. The number of benzene rings is 1. The van der Waals surface area contributed by atoms with Crippen molar-refractivity contribution in [1.82, 2.24) is 4.90 Å². The van der Waals surface area contributed by atoms with Crippen LogP contribution >= 0.6 is 15.9 Å². The van der Waals surface area contributed by atoms with Gasteiger partial charge in [0.15, 0.2) is 0 Å². The van der Waals surface area contributed by atoms with Gasteiger partial charge in [0, 0.05) is 36.3 Å². The van der Waals surface area contributed by atoms with Crippen LogP contribution in [0.25, 0.3) is 6.08 Å². The van der Waals surface area contributed by atoms with E-state index in [0.29, 0.717) is 13.2 Å². The third kappa shape index (κ3) is 4.31. The molecule has 1 aliphatic rings. The van der Waals surface area contributed by atoms with Crippen LogP contribution in [0.3, 0.4) is 0 Å². The zero-order valence-electron chi connectivity index (χ0n) is 11.4. The smallest absolute Gasteiger partial charge is 0.127 e. The fourth-order valence-electron chi connectivity index (χ4n) is 2.28. The summed E-state index contributed by atoms with van der Waals surface area (Å²) >= 11 is 3.46. The van der Waals surface area contributed by atoms with Crippen molar-refractivity contribution in [2.24, 2.45) is 0 Å². The minimum atomic E-state index is 0.127. The molecule has 5 heteroatoms. The minimum Gasteiger partial charge on any atom is -0.489 e. The standard InChI is InChI=1S/C15H20BrNO3/c16-14-2-3-15-13(9-14)8-12(11-20-15)10-17(5-7-19)4-1-6-18/h2-3,8-9,18-19H,1,4-7,10-11H2. The van der Waals surface area contributed by atoms with E-state index < -0.39 is 0 Å². The lowest BCUT2D eigenvalue weighted by atomic mass is 10.1. The number of aliphatic hydroxyl groups is 2. The molecule has 0 saturated heterocycles. The largest absolute Gasteiger partial charge is 0.489 e. The molecule has 1 aromatic rings. The van der Waals surface area contributed by atoms with E-state index in [2.05, 4.69) is 26.9 Å². The Morgan fingerprint density at radius 3 is 2.80 bits per heavy atom. The molecule has 0 amide bonds. The summed E-state index contributed by atoms with van der Waals surface area (Å²) in [7, 11) is 0. The average molecular weight is 342 g/mol. The van der Waals surface area contributed by atoms with Gasteiger partial charge < -0.3 is 14.9 Å². The first-order valence-electron chi connectivity index (χ1n) is 6.79. The molecular formula is C15H20BrNO3. The molecule has 1 aliphatic heterocycles. The number of aliphatic hydroxyl groups excluding tert-OH is 2. The Kier molecular flexibility index (Phi) is 6.04. The highest BCUT2D eigenvalue weighted by molar-refractivity contribution is 9.10. The van der Waals surface area contributed by atoms with Crippen molar-refractivity contribution >= 4 is 22.0 Å². The number of fused-ring (bicyclic) bond motifs is 1. The normalized spacial score (nSPS) is 13.9. The number of hydrogen-bond acceptors (Lipinski definition) is 4. The van der Waals surface area contributed by atoms with Crippen LogP contribution in [0.2, 0.25) is 0 Å². The summed E-state index contributed by atoms with van der Waals surface area (Å²) in [6.07, 6.45) is 2.86. The van der Waals surface area contributed by atoms with Crippen LogP contribution in [-0.4, -0.2) is 54.6 Å². The second-order valence-electron chi connectivity index (χ2n) is 4.85. The first-order chi connectivity index (χ1) is 9.72. The van der Waals surface area contributed by atoms with E-state index in [-0.39, 0.29) is 13.2 Å². The Labute approximate surface area is 127 Å². The van der Waals surface area contributed by atoms with Crippen LogP contribution in [-0.2, 0) is 0 Å². The van der Waals surface area contributed by atoms with Crippen molar-refractivity contribution in [2.45, 2.75) is 6.42 Å². The van der Waals surface area contributed by atoms with Gasteiger partial charge in [0.25, 0.3) is 0 Å². The van der Waals surface area contributed by atoms with E-state index in [4.69, 9.17) is 14.9 Å². The van der Waals surface area contributed by atoms with Crippen LogP contribution in [0, 0.1) is 0 Å². The zero-order valence-corrected chi connectivity index (χ0v) is 13.0. The highest BCUT2D eigenvalue weighted by atomic mass is 79.9. The van der Waals surface area contributed by atoms with Gasteiger partial charge in [-0.3, -0.25) is 4.90 Å². The maximum absolute atomic E-state index is 9.10. The van der Waals surface area contributed by atoms with E-state index in [9.17, 15) is 0 Å². The molecule has 0 bridgehead atoms. The number of halogens is 1. The number of hydrogen-bond donors (Lipinski definition) is 2.